The lowest BCUT2D eigenvalue weighted by Crippen LogP contribution is -2.29. The minimum atomic E-state index is -2.31. The van der Waals surface area contributed by atoms with Crippen LogP contribution in [0.25, 0.3) is 27.6 Å². The van der Waals surface area contributed by atoms with Gasteiger partial charge in [-0.1, -0.05) is 36.4 Å². The Morgan fingerprint density at radius 1 is 0.902 bits per heavy atom. The number of allylic oxidation sites excluding steroid dienone is 1. The van der Waals surface area contributed by atoms with E-state index < -0.39 is 11.6 Å². The highest BCUT2D eigenvalue weighted by molar-refractivity contribution is 6.19. The summed E-state index contributed by atoms with van der Waals surface area (Å²) in [6.07, 6.45) is 3.45. The van der Waals surface area contributed by atoms with Crippen molar-refractivity contribution in [3.63, 3.8) is 0 Å². The number of benzene rings is 3. The predicted molar refractivity (Wildman–Crippen MR) is 153 cm³/mol. The number of methoxy groups -OCH3 is 1. The Labute approximate surface area is 235 Å². The second-order valence-electron chi connectivity index (χ2n) is 9.82. The van der Waals surface area contributed by atoms with E-state index in [1.54, 1.807) is 47.3 Å². The molecule has 41 heavy (non-hydrogen) atoms. The summed E-state index contributed by atoms with van der Waals surface area (Å²) < 4.78 is 15.2. The summed E-state index contributed by atoms with van der Waals surface area (Å²) in [6.45, 7) is 0. The van der Waals surface area contributed by atoms with E-state index >= 15 is 0 Å². The topological polar surface area (TPSA) is 113 Å². The average molecular weight is 541 g/mol. The molecule has 1 aliphatic heterocycles. The maximum Gasteiger partial charge on any atom is 0.264 e. The van der Waals surface area contributed by atoms with Crippen LogP contribution in [0.15, 0.2) is 102 Å². The molecule has 2 aromatic heterocycles. The molecule has 0 saturated heterocycles. The minimum absolute atomic E-state index is 0.0797. The molecule has 3 aromatic carbocycles. The first-order chi connectivity index (χ1) is 19.8. The third-order valence-electron chi connectivity index (χ3n) is 7.53. The van der Waals surface area contributed by atoms with Crippen molar-refractivity contribution in [3.8, 4) is 17.9 Å². The zero-order valence-corrected chi connectivity index (χ0v) is 22.5. The van der Waals surface area contributed by atoms with Crippen LogP contribution in [0.5, 0.6) is 5.75 Å². The summed E-state index contributed by atoms with van der Waals surface area (Å²) in [5.74, 6) is -2.32. The Morgan fingerprint density at radius 2 is 1.51 bits per heavy atom. The molecule has 0 radical (unpaired) electrons. The molecule has 1 atom stereocenters. The van der Waals surface area contributed by atoms with Gasteiger partial charge in [-0.2, -0.15) is 10.5 Å². The van der Waals surface area contributed by atoms with Crippen LogP contribution in [0.2, 0.25) is 0 Å². The number of aromatic nitrogens is 2. The highest BCUT2D eigenvalue weighted by atomic mass is 16.6. The predicted octanol–water partition coefficient (Wildman–Crippen LogP) is 5.49. The maximum atomic E-state index is 14.1. The standard InChI is InChI=1S/C33H24N4O4/c1-36-18-26(22-8-4-6-10-28(22)36)31(38)24(16-34)30-25(17-35)32(27-19-37(2)29-11-7-5-9-23(27)29)41-33(30,39)20-12-14-21(40-3)15-13-20/h4-15,18-19,39H,1-3H3/b30-24+. The van der Waals surface area contributed by atoms with Gasteiger partial charge >= 0.3 is 0 Å². The molecule has 3 heterocycles. The molecule has 0 bridgehead atoms. The van der Waals surface area contributed by atoms with E-state index in [2.05, 4.69) is 6.07 Å². The first-order valence-corrected chi connectivity index (χ1v) is 12.8. The van der Waals surface area contributed by atoms with Gasteiger partial charge in [-0.05, 0) is 36.4 Å². The first kappa shape index (κ1) is 25.7. The summed E-state index contributed by atoms with van der Waals surface area (Å²) in [5.41, 5.74) is 2.07. The van der Waals surface area contributed by atoms with Crippen molar-refractivity contribution in [3.05, 3.63) is 119 Å². The number of hydrogen-bond donors (Lipinski definition) is 1. The van der Waals surface area contributed by atoms with Gasteiger partial charge in [-0.25, -0.2) is 0 Å². The van der Waals surface area contributed by atoms with Gasteiger partial charge in [-0.15, -0.1) is 0 Å². The molecule has 0 amide bonds. The van der Waals surface area contributed by atoms with Crippen LogP contribution in [0, 0.1) is 22.7 Å². The van der Waals surface area contributed by atoms with Crippen molar-refractivity contribution in [1.82, 2.24) is 9.13 Å². The molecule has 6 rings (SSSR count). The SMILES string of the molecule is COc1ccc(C2(O)OC(c3cn(C)c4ccccc34)=C(C#N)/C2=C(/C#N)C(=O)c2cn(C)c3ccccc23)cc1. The summed E-state index contributed by atoms with van der Waals surface area (Å²) in [7, 11) is 5.19. The van der Waals surface area contributed by atoms with Gasteiger partial charge in [0.1, 0.15) is 29.0 Å². The molecule has 0 aliphatic carbocycles. The van der Waals surface area contributed by atoms with Crippen molar-refractivity contribution in [2.45, 2.75) is 5.79 Å². The van der Waals surface area contributed by atoms with Crippen LogP contribution >= 0.6 is 0 Å². The Kier molecular flexibility index (Phi) is 5.99. The number of rotatable bonds is 5. The molecule has 1 unspecified atom stereocenters. The van der Waals surface area contributed by atoms with Crippen LogP contribution in [0.4, 0.5) is 0 Å². The number of nitrogens with zero attached hydrogens (tertiary/aromatic N) is 4. The molecule has 1 aliphatic rings. The number of ketones is 1. The van der Waals surface area contributed by atoms with Gasteiger partial charge in [0, 0.05) is 65.0 Å². The lowest BCUT2D eigenvalue weighted by Gasteiger charge is -2.26. The van der Waals surface area contributed by atoms with E-state index in [1.165, 1.54) is 7.11 Å². The van der Waals surface area contributed by atoms with Crippen molar-refractivity contribution < 1.29 is 19.4 Å². The zero-order chi connectivity index (χ0) is 28.9. The van der Waals surface area contributed by atoms with Crippen molar-refractivity contribution in [2.24, 2.45) is 14.1 Å². The lowest BCUT2D eigenvalue weighted by atomic mass is 9.86. The minimum Gasteiger partial charge on any atom is -0.497 e. The lowest BCUT2D eigenvalue weighted by molar-refractivity contribution is -0.120. The largest absolute Gasteiger partial charge is 0.497 e. The third kappa shape index (κ3) is 3.81. The number of nitriles is 2. The van der Waals surface area contributed by atoms with E-state index in [-0.39, 0.29) is 33.6 Å². The molecule has 8 nitrogen and oxygen atoms in total. The van der Waals surface area contributed by atoms with Crippen LogP contribution in [-0.4, -0.2) is 27.1 Å². The molecule has 0 saturated carbocycles. The van der Waals surface area contributed by atoms with Gasteiger partial charge in [0.25, 0.3) is 5.79 Å². The fourth-order valence-corrected chi connectivity index (χ4v) is 5.54. The zero-order valence-electron chi connectivity index (χ0n) is 22.5. The van der Waals surface area contributed by atoms with E-state index in [1.807, 2.05) is 67.2 Å². The van der Waals surface area contributed by atoms with Crippen molar-refractivity contribution >= 4 is 33.3 Å². The van der Waals surface area contributed by atoms with Gasteiger partial charge < -0.3 is 23.7 Å². The van der Waals surface area contributed by atoms with Gasteiger partial charge in [0.15, 0.2) is 5.76 Å². The van der Waals surface area contributed by atoms with E-state index in [4.69, 9.17) is 9.47 Å². The first-order valence-electron chi connectivity index (χ1n) is 12.8. The number of carbonyl (C=O) groups excluding carboxylic acids is 1. The molecular weight excluding hydrogens is 516 g/mol. The summed E-state index contributed by atoms with van der Waals surface area (Å²) in [4.78, 5) is 14.1. The number of fused-ring (bicyclic) bond motifs is 2. The second kappa shape index (κ2) is 9.56. The van der Waals surface area contributed by atoms with Crippen LogP contribution in [-0.2, 0) is 24.6 Å². The number of hydrogen-bond acceptors (Lipinski definition) is 6. The quantitative estimate of drug-likeness (QED) is 0.179. The van der Waals surface area contributed by atoms with Gasteiger partial charge in [0.05, 0.1) is 12.7 Å². The Balaban J connectivity index is 1.66. The van der Waals surface area contributed by atoms with Crippen LogP contribution in [0.1, 0.15) is 21.5 Å². The molecule has 200 valence electrons. The molecule has 0 fully saturated rings. The smallest absolute Gasteiger partial charge is 0.264 e. The highest BCUT2D eigenvalue weighted by Gasteiger charge is 2.50. The van der Waals surface area contributed by atoms with Crippen LogP contribution in [0.3, 0.4) is 0 Å². The number of para-hydroxylation sites is 2. The summed E-state index contributed by atoms with van der Waals surface area (Å²) in [5, 5.41) is 34.7. The number of aliphatic hydroxyl groups is 1. The highest BCUT2D eigenvalue weighted by Crippen LogP contribution is 2.50. The summed E-state index contributed by atoms with van der Waals surface area (Å²) >= 11 is 0. The van der Waals surface area contributed by atoms with E-state index in [0.29, 0.717) is 16.7 Å². The second-order valence-corrected chi connectivity index (χ2v) is 9.82. The molecular formula is C33H24N4O4. The third-order valence-corrected chi connectivity index (χ3v) is 7.53. The average Bonchev–Trinajstić information content (AvgIpc) is 3.63. The number of ether oxygens (including phenoxy) is 2. The number of carbonyl (C=O) groups is 1. The van der Waals surface area contributed by atoms with Gasteiger partial charge in [-0.3, -0.25) is 4.79 Å². The molecule has 0 spiro atoms. The fraction of sp³-hybridized carbons (Fsp3) is 0.121. The summed E-state index contributed by atoms with van der Waals surface area (Å²) in [6, 6.07) is 25.5. The van der Waals surface area contributed by atoms with E-state index in [9.17, 15) is 20.4 Å². The van der Waals surface area contributed by atoms with E-state index in [0.717, 1.165) is 16.4 Å². The van der Waals surface area contributed by atoms with Gasteiger partial charge in [0.2, 0.25) is 5.78 Å². The fourth-order valence-electron chi connectivity index (χ4n) is 5.54. The monoisotopic (exact) mass is 540 g/mol. The maximum absolute atomic E-state index is 14.1. The van der Waals surface area contributed by atoms with Crippen molar-refractivity contribution in [1.29, 1.82) is 10.5 Å². The Hall–Kier alpha value is -5.57. The Morgan fingerprint density at radius 3 is 2.15 bits per heavy atom. The molecule has 8 heteroatoms. The normalized spacial score (nSPS) is 17.8. The molecule has 1 N–H and O–H groups in total. The number of Topliss-reactive ketones (excluding diaryl/α,β-unsaturated/α-hetero) is 1. The van der Waals surface area contributed by atoms with Crippen LogP contribution < -0.4 is 4.74 Å². The van der Waals surface area contributed by atoms with Crippen molar-refractivity contribution in [2.75, 3.05) is 7.11 Å². The Bertz CT molecular complexity index is 2030. The molecule has 5 aromatic rings. The number of aryl methyl sites for hydroxylation is 2.